The summed E-state index contributed by atoms with van der Waals surface area (Å²) in [6, 6.07) is 16.6. The van der Waals surface area contributed by atoms with Crippen LogP contribution in [0.4, 0.5) is 5.69 Å². The standard InChI is InChI=1S/C25H28N2O6S/c1-17-9-11-20(12-10-17)27(2)34(29,30)21-8-6-7-19(15-21)25(28)26-16-18-13-22(31-3)24(33-5)23(14-18)32-4/h6-15H,16H2,1-5H3,(H,26,28). The second-order valence-electron chi connectivity index (χ2n) is 7.55. The SMILES string of the molecule is COc1cc(CNC(=O)c2cccc(S(=O)(=O)N(C)c3ccc(C)cc3)c2)cc(OC)c1OC. The van der Waals surface area contributed by atoms with Gasteiger partial charge in [0.2, 0.25) is 5.75 Å². The predicted octanol–water partition coefficient (Wildman–Crippen LogP) is 3.78. The zero-order valence-corrected chi connectivity index (χ0v) is 20.6. The third-order valence-electron chi connectivity index (χ3n) is 5.33. The minimum absolute atomic E-state index is 0.0241. The molecular formula is C25H28N2O6S. The van der Waals surface area contributed by atoms with E-state index < -0.39 is 15.9 Å². The van der Waals surface area contributed by atoms with E-state index in [0.717, 1.165) is 11.1 Å². The van der Waals surface area contributed by atoms with Gasteiger partial charge < -0.3 is 19.5 Å². The van der Waals surface area contributed by atoms with Crippen LogP contribution in [0, 0.1) is 6.92 Å². The van der Waals surface area contributed by atoms with Gasteiger partial charge in [-0.25, -0.2) is 8.42 Å². The van der Waals surface area contributed by atoms with Crippen molar-refractivity contribution in [2.75, 3.05) is 32.7 Å². The largest absolute Gasteiger partial charge is 0.493 e. The van der Waals surface area contributed by atoms with E-state index in [1.165, 1.54) is 44.8 Å². The monoisotopic (exact) mass is 484 g/mol. The summed E-state index contributed by atoms with van der Waals surface area (Å²) in [7, 11) is 2.18. The molecule has 3 aromatic rings. The summed E-state index contributed by atoms with van der Waals surface area (Å²) in [5, 5.41) is 2.80. The van der Waals surface area contributed by atoms with Crippen molar-refractivity contribution in [3.8, 4) is 17.2 Å². The summed E-state index contributed by atoms with van der Waals surface area (Å²) >= 11 is 0. The van der Waals surface area contributed by atoms with Crippen molar-refractivity contribution in [1.82, 2.24) is 5.32 Å². The summed E-state index contributed by atoms with van der Waals surface area (Å²) in [6.45, 7) is 2.11. The number of amides is 1. The van der Waals surface area contributed by atoms with Gasteiger partial charge >= 0.3 is 0 Å². The molecule has 9 heteroatoms. The van der Waals surface area contributed by atoms with Gasteiger partial charge in [0, 0.05) is 19.2 Å². The van der Waals surface area contributed by atoms with E-state index >= 15 is 0 Å². The number of rotatable bonds is 9. The minimum atomic E-state index is -3.85. The number of carbonyl (C=O) groups excluding carboxylic acids is 1. The Labute approximate surface area is 200 Å². The maximum atomic E-state index is 13.1. The Morgan fingerprint density at radius 1 is 0.912 bits per heavy atom. The average Bonchev–Trinajstić information content (AvgIpc) is 2.86. The van der Waals surface area contributed by atoms with Crippen LogP contribution in [0.3, 0.4) is 0 Å². The molecule has 0 heterocycles. The molecule has 0 atom stereocenters. The van der Waals surface area contributed by atoms with Crippen LogP contribution in [0.25, 0.3) is 0 Å². The van der Waals surface area contributed by atoms with Crippen LogP contribution >= 0.6 is 0 Å². The van der Waals surface area contributed by atoms with Crippen molar-refractivity contribution in [3.05, 3.63) is 77.4 Å². The number of hydrogen-bond donors (Lipinski definition) is 1. The second-order valence-corrected chi connectivity index (χ2v) is 9.52. The molecule has 0 aliphatic carbocycles. The van der Waals surface area contributed by atoms with Crippen molar-refractivity contribution < 1.29 is 27.4 Å². The smallest absolute Gasteiger partial charge is 0.264 e. The summed E-state index contributed by atoms with van der Waals surface area (Å²) in [5.74, 6) is 0.983. The number of carbonyl (C=O) groups is 1. The summed E-state index contributed by atoms with van der Waals surface area (Å²) in [5.41, 5.74) is 2.51. The molecule has 3 aromatic carbocycles. The first kappa shape index (κ1) is 24.9. The normalized spacial score (nSPS) is 11.0. The van der Waals surface area contributed by atoms with Crippen LogP contribution < -0.4 is 23.8 Å². The number of hydrogen-bond acceptors (Lipinski definition) is 6. The second kappa shape index (κ2) is 10.5. The van der Waals surface area contributed by atoms with E-state index in [2.05, 4.69) is 5.32 Å². The highest BCUT2D eigenvalue weighted by atomic mass is 32.2. The summed E-state index contributed by atoms with van der Waals surface area (Å²) < 4.78 is 43.4. The fraction of sp³-hybridized carbons (Fsp3) is 0.240. The van der Waals surface area contributed by atoms with Crippen molar-refractivity contribution in [2.45, 2.75) is 18.4 Å². The molecule has 0 saturated carbocycles. The topological polar surface area (TPSA) is 94.2 Å². The van der Waals surface area contributed by atoms with E-state index in [1.54, 1.807) is 36.4 Å². The molecule has 0 radical (unpaired) electrons. The molecule has 0 aromatic heterocycles. The molecule has 0 unspecified atom stereocenters. The Kier molecular flexibility index (Phi) is 7.68. The highest BCUT2D eigenvalue weighted by molar-refractivity contribution is 7.92. The van der Waals surface area contributed by atoms with Crippen LogP contribution in [-0.4, -0.2) is 42.7 Å². The minimum Gasteiger partial charge on any atom is -0.493 e. The number of ether oxygens (including phenoxy) is 3. The van der Waals surface area contributed by atoms with Crippen molar-refractivity contribution in [3.63, 3.8) is 0 Å². The number of methoxy groups -OCH3 is 3. The van der Waals surface area contributed by atoms with E-state index in [4.69, 9.17) is 14.2 Å². The zero-order chi connectivity index (χ0) is 24.9. The van der Waals surface area contributed by atoms with Crippen molar-refractivity contribution in [2.24, 2.45) is 0 Å². The zero-order valence-electron chi connectivity index (χ0n) is 19.8. The third kappa shape index (κ3) is 5.26. The van der Waals surface area contributed by atoms with Crippen LogP contribution in [0.5, 0.6) is 17.2 Å². The average molecular weight is 485 g/mol. The Hall–Kier alpha value is -3.72. The number of anilines is 1. The summed E-state index contributed by atoms with van der Waals surface area (Å²) in [4.78, 5) is 12.8. The Balaban J connectivity index is 1.79. The van der Waals surface area contributed by atoms with Gasteiger partial charge in [-0.3, -0.25) is 9.10 Å². The van der Waals surface area contributed by atoms with Crippen molar-refractivity contribution in [1.29, 1.82) is 0 Å². The Morgan fingerprint density at radius 3 is 2.09 bits per heavy atom. The highest BCUT2D eigenvalue weighted by Crippen LogP contribution is 2.38. The lowest BCUT2D eigenvalue weighted by molar-refractivity contribution is 0.0950. The molecular weight excluding hydrogens is 456 g/mol. The van der Waals surface area contributed by atoms with Crippen molar-refractivity contribution >= 4 is 21.6 Å². The first-order valence-corrected chi connectivity index (χ1v) is 11.9. The van der Waals surface area contributed by atoms with Gasteiger partial charge in [0.25, 0.3) is 15.9 Å². The molecule has 0 bridgehead atoms. The molecule has 34 heavy (non-hydrogen) atoms. The van der Waals surface area contributed by atoms with Gasteiger partial charge in [-0.05, 0) is 55.0 Å². The molecule has 0 fully saturated rings. The van der Waals surface area contributed by atoms with Crippen LogP contribution in [0.2, 0.25) is 0 Å². The molecule has 8 nitrogen and oxygen atoms in total. The number of benzene rings is 3. The first-order chi connectivity index (χ1) is 16.2. The fourth-order valence-electron chi connectivity index (χ4n) is 3.37. The number of nitrogens with one attached hydrogen (secondary N) is 1. The molecule has 0 aliphatic heterocycles. The van der Waals surface area contributed by atoms with E-state index in [-0.39, 0.29) is 17.0 Å². The number of aryl methyl sites for hydroxylation is 1. The summed E-state index contributed by atoms with van der Waals surface area (Å²) in [6.07, 6.45) is 0. The van der Waals surface area contributed by atoms with Gasteiger partial charge in [0.1, 0.15) is 0 Å². The molecule has 0 aliphatic rings. The maximum Gasteiger partial charge on any atom is 0.264 e. The van der Waals surface area contributed by atoms with E-state index in [9.17, 15) is 13.2 Å². The predicted molar refractivity (Wildman–Crippen MR) is 130 cm³/mol. The van der Waals surface area contributed by atoms with E-state index in [0.29, 0.717) is 22.9 Å². The lowest BCUT2D eigenvalue weighted by atomic mass is 10.1. The first-order valence-electron chi connectivity index (χ1n) is 10.4. The van der Waals surface area contributed by atoms with Gasteiger partial charge in [0.05, 0.1) is 31.9 Å². The molecule has 0 saturated heterocycles. The molecule has 180 valence electrons. The van der Waals surface area contributed by atoms with Gasteiger partial charge in [0.15, 0.2) is 11.5 Å². The Bertz CT molecular complexity index is 1250. The maximum absolute atomic E-state index is 13.1. The van der Waals surface area contributed by atoms with Crippen LogP contribution in [0.1, 0.15) is 21.5 Å². The number of nitrogens with zero attached hydrogens (tertiary/aromatic N) is 1. The lowest BCUT2D eigenvalue weighted by Gasteiger charge is -2.20. The lowest BCUT2D eigenvalue weighted by Crippen LogP contribution is -2.27. The number of sulfonamides is 1. The third-order valence-corrected chi connectivity index (χ3v) is 7.11. The molecule has 1 amide bonds. The molecule has 3 rings (SSSR count). The van der Waals surface area contributed by atoms with Gasteiger partial charge in [-0.1, -0.05) is 23.8 Å². The van der Waals surface area contributed by atoms with Gasteiger partial charge in [-0.15, -0.1) is 0 Å². The van der Waals surface area contributed by atoms with Gasteiger partial charge in [-0.2, -0.15) is 0 Å². The molecule has 0 spiro atoms. The highest BCUT2D eigenvalue weighted by Gasteiger charge is 2.22. The Morgan fingerprint density at radius 2 is 1.53 bits per heavy atom. The fourth-order valence-corrected chi connectivity index (χ4v) is 4.61. The van der Waals surface area contributed by atoms with E-state index in [1.807, 2.05) is 19.1 Å². The van der Waals surface area contributed by atoms with Crippen LogP contribution in [-0.2, 0) is 16.6 Å². The molecule has 1 N–H and O–H groups in total. The quantitative estimate of drug-likeness (QED) is 0.497. The van der Waals surface area contributed by atoms with Crippen LogP contribution in [0.15, 0.2) is 65.6 Å².